The van der Waals surface area contributed by atoms with Gasteiger partial charge in [0.25, 0.3) is 0 Å². The highest BCUT2D eigenvalue weighted by Gasteiger charge is 2.02. The summed E-state index contributed by atoms with van der Waals surface area (Å²) < 4.78 is 5.50. The molecule has 0 saturated heterocycles. The van der Waals surface area contributed by atoms with Crippen molar-refractivity contribution in [3.05, 3.63) is 70.9 Å². The second-order valence-electron chi connectivity index (χ2n) is 5.37. The van der Waals surface area contributed by atoms with E-state index < -0.39 is 6.10 Å². The third kappa shape index (κ3) is 3.92. The summed E-state index contributed by atoms with van der Waals surface area (Å²) in [5.74, 6) is 0.671. The second-order valence-corrected chi connectivity index (χ2v) is 5.80. The van der Waals surface area contributed by atoms with Crippen molar-refractivity contribution in [1.29, 1.82) is 5.26 Å². The molecule has 24 heavy (non-hydrogen) atoms. The molecule has 3 aromatic rings. The number of halogens is 1. The van der Waals surface area contributed by atoms with Gasteiger partial charge in [-0.05, 0) is 48.9 Å². The summed E-state index contributed by atoms with van der Waals surface area (Å²) >= 11 is 6.02. The molecule has 4 heteroatoms. The molecule has 118 valence electrons. The molecule has 0 radical (unpaired) electrons. The fourth-order valence-corrected chi connectivity index (χ4v) is 2.47. The number of benzene rings is 2. The van der Waals surface area contributed by atoms with Crippen molar-refractivity contribution in [2.45, 2.75) is 13.0 Å². The maximum Gasteiger partial charge on any atom is 0.181 e. The van der Waals surface area contributed by atoms with E-state index in [0.29, 0.717) is 10.8 Å². The van der Waals surface area contributed by atoms with E-state index in [4.69, 9.17) is 21.6 Å². The van der Waals surface area contributed by atoms with Gasteiger partial charge in [0.1, 0.15) is 11.8 Å². The Morgan fingerprint density at radius 3 is 2.79 bits per heavy atom. The highest BCUT2D eigenvalue weighted by atomic mass is 35.5. The van der Waals surface area contributed by atoms with E-state index in [-0.39, 0.29) is 0 Å². The number of nitriles is 1. The van der Waals surface area contributed by atoms with Gasteiger partial charge in [0, 0.05) is 10.4 Å². The van der Waals surface area contributed by atoms with Crippen LogP contribution in [0.25, 0.3) is 23.1 Å². The Kier molecular flexibility index (Phi) is 4.79. The SMILES string of the molecule is CC(C#N)Oc1cccc(/C=C/c2ccc3ccc(Cl)cc3n2)c1. The van der Waals surface area contributed by atoms with Crippen LogP contribution >= 0.6 is 11.6 Å². The fourth-order valence-electron chi connectivity index (χ4n) is 2.30. The lowest BCUT2D eigenvalue weighted by molar-refractivity contribution is 0.276. The summed E-state index contributed by atoms with van der Waals surface area (Å²) in [5.41, 5.74) is 2.69. The van der Waals surface area contributed by atoms with Gasteiger partial charge >= 0.3 is 0 Å². The molecule has 0 bridgehead atoms. The number of rotatable bonds is 4. The van der Waals surface area contributed by atoms with Crippen LogP contribution in [0.3, 0.4) is 0 Å². The standard InChI is InChI=1S/C20H15ClN2O/c1-14(13-22)24-19-4-2-3-15(11-19)5-9-18-10-7-16-6-8-17(21)12-20(16)23-18/h2-12,14H,1H3/b9-5+. The van der Waals surface area contributed by atoms with Crippen molar-refractivity contribution in [2.24, 2.45) is 0 Å². The van der Waals surface area contributed by atoms with E-state index in [9.17, 15) is 0 Å². The Morgan fingerprint density at radius 1 is 1.12 bits per heavy atom. The molecular weight excluding hydrogens is 320 g/mol. The Balaban J connectivity index is 1.83. The normalized spacial score (nSPS) is 12.2. The quantitative estimate of drug-likeness (QED) is 0.646. The molecule has 1 heterocycles. The van der Waals surface area contributed by atoms with Crippen molar-refractivity contribution in [2.75, 3.05) is 0 Å². The Bertz CT molecular complexity index is 944. The van der Waals surface area contributed by atoms with Crippen LogP contribution in [0.2, 0.25) is 5.02 Å². The molecule has 0 aliphatic rings. The maximum atomic E-state index is 8.82. The topological polar surface area (TPSA) is 45.9 Å². The molecule has 0 saturated carbocycles. The number of pyridine rings is 1. The molecule has 2 aromatic carbocycles. The Morgan fingerprint density at radius 2 is 1.96 bits per heavy atom. The first kappa shape index (κ1) is 16.0. The van der Waals surface area contributed by atoms with Crippen LogP contribution in [0.4, 0.5) is 0 Å². The highest BCUT2D eigenvalue weighted by Crippen LogP contribution is 2.20. The van der Waals surface area contributed by atoms with Crippen LogP contribution in [0.15, 0.2) is 54.6 Å². The van der Waals surface area contributed by atoms with Crippen LogP contribution in [-0.2, 0) is 0 Å². The van der Waals surface area contributed by atoms with E-state index in [0.717, 1.165) is 22.2 Å². The molecule has 1 unspecified atom stereocenters. The van der Waals surface area contributed by atoms with Gasteiger partial charge in [0.15, 0.2) is 6.10 Å². The second kappa shape index (κ2) is 7.16. The highest BCUT2D eigenvalue weighted by molar-refractivity contribution is 6.31. The van der Waals surface area contributed by atoms with Crippen molar-refractivity contribution >= 4 is 34.7 Å². The van der Waals surface area contributed by atoms with Crippen LogP contribution in [0.1, 0.15) is 18.2 Å². The van der Waals surface area contributed by atoms with Crippen LogP contribution in [0, 0.1) is 11.3 Å². The molecule has 0 fully saturated rings. The number of ether oxygens (including phenoxy) is 1. The van der Waals surface area contributed by atoms with Gasteiger partial charge in [-0.2, -0.15) is 5.26 Å². The van der Waals surface area contributed by atoms with Gasteiger partial charge < -0.3 is 4.74 Å². The van der Waals surface area contributed by atoms with Crippen molar-refractivity contribution in [3.63, 3.8) is 0 Å². The molecule has 0 aliphatic heterocycles. The minimum atomic E-state index is -0.476. The van der Waals surface area contributed by atoms with E-state index >= 15 is 0 Å². The summed E-state index contributed by atoms with van der Waals surface area (Å²) in [6.45, 7) is 1.71. The summed E-state index contributed by atoms with van der Waals surface area (Å²) in [6.07, 6.45) is 3.42. The minimum Gasteiger partial charge on any atom is -0.476 e. The number of nitrogens with zero attached hydrogens (tertiary/aromatic N) is 2. The van der Waals surface area contributed by atoms with E-state index in [1.54, 1.807) is 6.92 Å². The minimum absolute atomic E-state index is 0.476. The van der Waals surface area contributed by atoms with Gasteiger partial charge in [0.2, 0.25) is 0 Å². The molecule has 1 aromatic heterocycles. The van der Waals surface area contributed by atoms with Crippen molar-refractivity contribution < 1.29 is 4.74 Å². The van der Waals surface area contributed by atoms with E-state index in [1.807, 2.05) is 66.7 Å². The van der Waals surface area contributed by atoms with Gasteiger partial charge in [0.05, 0.1) is 11.2 Å². The lowest BCUT2D eigenvalue weighted by atomic mass is 10.1. The Labute approximate surface area is 145 Å². The molecule has 0 N–H and O–H groups in total. The van der Waals surface area contributed by atoms with Crippen LogP contribution in [-0.4, -0.2) is 11.1 Å². The first-order valence-electron chi connectivity index (χ1n) is 7.55. The predicted octanol–water partition coefficient (Wildman–Crippen LogP) is 5.35. The number of aromatic nitrogens is 1. The predicted molar refractivity (Wildman–Crippen MR) is 97.8 cm³/mol. The summed E-state index contributed by atoms with van der Waals surface area (Å²) in [4.78, 5) is 4.59. The van der Waals surface area contributed by atoms with Gasteiger partial charge in [-0.3, -0.25) is 0 Å². The first-order valence-corrected chi connectivity index (χ1v) is 7.92. The van der Waals surface area contributed by atoms with E-state index in [2.05, 4.69) is 11.1 Å². The van der Waals surface area contributed by atoms with E-state index in [1.165, 1.54) is 0 Å². The zero-order valence-corrected chi connectivity index (χ0v) is 13.9. The summed E-state index contributed by atoms with van der Waals surface area (Å²) in [6, 6.07) is 19.3. The average molecular weight is 335 g/mol. The average Bonchev–Trinajstić information content (AvgIpc) is 2.59. The molecule has 0 amide bonds. The molecule has 0 aliphatic carbocycles. The smallest absolute Gasteiger partial charge is 0.181 e. The summed E-state index contributed by atoms with van der Waals surface area (Å²) in [7, 11) is 0. The van der Waals surface area contributed by atoms with Gasteiger partial charge in [-0.1, -0.05) is 41.9 Å². The lowest BCUT2D eigenvalue weighted by Gasteiger charge is -2.07. The van der Waals surface area contributed by atoms with Crippen LogP contribution < -0.4 is 4.74 Å². The zero-order valence-electron chi connectivity index (χ0n) is 13.1. The van der Waals surface area contributed by atoms with Crippen LogP contribution in [0.5, 0.6) is 5.75 Å². The third-order valence-corrected chi connectivity index (χ3v) is 3.71. The molecular formula is C20H15ClN2O. The van der Waals surface area contributed by atoms with Crippen molar-refractivity contribution in [3.8, 4) is 11.8 Å². The monoisotopic (exact) mass is 334 g/mol. The molecule has 0 spiro atoms. The zero-order chi connectivity index (χ0) is 16.9. The third-order valence-electron chi connectivity index (χ3n) is 3.47. The molecule has 3 nitrogen and oxygen atoms in total. The largest absolute Gasteiger partial charge is 0.476 e. The van der Waals surface area contributed by atoms with Crippen molar-refractivity contribution in [1.82, 2.24) is 4.98 Å². The number of fused-ring (bicyclic) bond motifs is 1. The molecule has 1 atom stereocenters. The summed E-state index contributed by atoms with van der Waals surface area (Å²) in [5, 5.41) is 10.5. The number of hydrogen-bond acceptors (Lipinski definition) is 3. The fraction of sp³-hybridized carbons (Fsp3) is 0.100. The lowest BCUT2D eigenvalue weighted by Crippen LogP contribution is -2.07. The van der Waals surface area contributed by atoms with Gasteiger partial charge in [-0.15, -0.1) is 0 Å². The molecule has 3 rings (SSSR count). The maximum absolute atomic E-state index is 8.82. The first-order chi connectivity index (χ1) is 11.6. The number of hydrogen-bond donors (Lipinski definition) is 0. The Hall–Kier alpha value is -2.83. The van der Waals surface area contributed by atoms with Gasteiger partial charge in [-0.25, -0.2) is 4.98 Å².